The number of thiocarbonyl (C=S) groups is 1. The van der Waals surface area contributed by atoms with E-state index in [2.05, 4.69) is 4.99 Å². The number of esters is 1. The fourth-order valence-electron chi connectivity index (χ4n) is 1.21. The number of carbonyl (C=O) groups is 1. The highest BCUT2D eigenvalue weighted by molar-refractivity contribution is 7.80. The summed E-state index contributed by atoms with van der Waals surface area (Å²) in [6.45, 7) is 11.3. The van der Waals surface area contributed by atoms with Crippen LogP contribution in [0.5, 0.6) is 0 Å². The van der Waals surface area contributed by atoms with E-state index in [9.17, 15) is 4.79 Å². The van der Waals surface area contributed by atoms with Crippen LogP contribution in [0.4, 0.5) is 0 Å². The molecule has 110 valence electrons. The largest absolute Gasteiger partial charge is 0.460 e. The Hall–Kier alpha value is -0.970. The van der Waals surface area contributed by atoms with E-state index in [0.717, 1.165) is 5.84 Å². The van der Waals surface area contributed by atoms with Gasteiger partial charge in [-0.15, -0.1) is 0 Å². The lowest BCUT2D eigenvalue weighted by Gasteiger charge is -2.26. The number of hydrogen-bond acceptors (Lipinski definition) is 3. The topological polar surface area (TPSA) is 41.9 Å². The van der Waals surface area contributed by atoms with E-state index in [1.807, 2.05) is 60.5 Å². The van der Waals surface area contributed by atoms with Gasteiger partial charge in [0.1, 0.15) is 16.4 Å². The molecule has 0 saturated heterocycles. The molecule has 0 aromatic rings. The van der Waals surface area contributed by atoms with Crippen molar-refractivity contribution in [3.8, 4) is 0 Å². The summed E-state index contributed by atoms with van der Waals surface area (Å²) < 4.78 is 5.32. The van der Waals surface area contributed by atoms with Gasteiger partial charge in [0.05, 0.1) is 6.42 Å². The van der Waals surface area contributed by atoms with Gasteiger partial charge in [0.2, 0.25) is 0 Å². The van der Waals surface area contributed by atoms with Crippen molar-refractivity contribution >= 4 is 29.0 Å². The molecule has 0 aromatic heterocycles. The van der Waals surface area contributed by atoms with Gasteiger partial charge >= 0.3 is 5.97 Å². The van der Waals surface area contributed by atoms with Crippen molar-refractivity contribution in [2.24, 2.45) is 10.4 Å². The minimum absolute atomic E-state index is 0.229. The molecule has 0 aliphatic rings. The van der Waals surface area contributed by atoms with E-state index in [4.69, 9.17) is 17.0 Å². The maximum Gasteiger partial charge on any atom is 0.307 e. The Morgan fingerprint density at radius 1 is 1.21 bits per heavy atom. The molecule has 0 bridgehead atoms. The lowest BCUT2D eigenvalue weighted by molar-refractivity contribution is -0.156. The second-order valence-electron chi connectivity index (χ2n) is 6.51. The molecule has 0 unspecified atom stereocenters. The minimum Gasteiger partial charge on any atom is -0.460 e. The average molecular weight is 286 g/mol. The van der Waals surface area contributed by atoms with E-state index in [1.165, 1.54) is 0 Å². The van der Waals surface area contributed by atoms with Gasteiger partial charge in [-0.3, -0.25) is 4.79 Å². The molecule has 5 heteroatoms. The Balaban J connectivity index is 4.76. The fraction of sp³-hybridized carbons (Fsp3) is 0.786. The molecule has 0 aliphatic carbocycles. The van der Waals surface area contributed by atoms with E-state index in [-0.39, 0.29) is 12.4 Å². The monoisotopic (exact) mass is 286 g/mol. The number of aliphatic imine (C=N–C) groups is 1. The number of carbonyl (C=O) groups excluding carboxylic acids is 1. The molecule has 0 spiro atoms. The number of rotatable bonds is 3. The summed E-state index contributed by atoms with van der Waals surface area (Å²) in [5.74, 6) is 0.569. The molecule has 0 rings (SSSR count). The van der Waals surface area contributed by atoms with Crippen LogP contribution in [-0.2, 0) is 9.53 Å². The zero-order valence-electron chi connectivity index (χ0n) is 13.3. The minimum atomic E-state index is -0.491. The van der Waals surface area contributed by atoms with Crippen molar-refractivity contribution in [2.75, 3.05) is 14.1 Å². The highest BCUT2D eigenvalue weighted by atomic mass is 32.1. The van der Waals surface area contributed by atoms with Gasteiger partial charge in [0.25, 0.3) is 0 Å². The summed E-state index contributed by atoms with van der Waals surface area (Å²) in [6.07, 6.45) is 0.229. The van der Waals surface area contributed by atoms with Crippen molar-refractivity contribution in [3.63, 3.8) is 0 Å². The molecule has 0 heterocycles. The molecule has 0 radical (unpaired) electrons. The van der Waals surface area contributed by atoms with Gasteiger partial charge in [0, 0.05) is 19.5 Å². The van der Waals surface area contributed by atoms with Gasteiger partial charge in [-0.25, -0.2) is 4.99 Å². The summed E-state index contributed by atoms with van der Waals surface area (Å²) in [5.41, 5.74) is -0.966. The normalized spacial score (nSPS) is 13.2. The summed E-state index contributed by atoms with van der Waals surface area (Å²) in [4.78, 5) is 18.6. The second kappa shape index (κ2) is 6.46. The van der Waals surface area contributed by atoms with Crippen LogP contribution in [0.15, 0.2) is 4.99 Å². The van der Waals surface area contributed by atoms with Crippen molar-refractivity contribution in [1.82, 2.24) is 4.90 Å². The van der Waals surface area contributed by atoms with E-state index in [0.29, 0.717) is 4.99 Å². The Morgan fingerprint density at radius 2 is 1.68 bits per heavy atom. The molecule has 0 N–H and O–H groups in total. The Morgan fingerprint density at radius 3 is 2.05 bits per heavy atom. The number of amidine groups is 1. The first-order chi connectivity index (χ1) is 8.35. The molecule has 0 fully saturated rings. The number of nitrogens with zero attached hydrogens (tertiary/aromatic N) is 2. The first kappa shape index (κ1) is 18.0. The summed E-state index contributed by atoms with van der Waals surface area (Å²) in [7, 11) is 3.81. The van der Waals surface area contributed by atoms with Crippen LogP contribution >= 0.6 is 12.2 Å². The number of ether oxygens (including phenoxy) is 1. The summed E-state index contributed by atoms with van der Waals surface area (Å²) in [6, 6.07) is 0. The molecule has 0 amide bonds. The fourth-order valence-corrected chi connectivity index (χ4v) is 1.42. The smallest absolute Gasteiger partial charge is 0.307 e. The zero-order valence-corrected chi connectivity index (χ0v) is 14.1. The van der Waals surface area contributed by atoms with Crippen LogP contribution in [0, 0.1) is 5.41 Å². The third-order valence-corrected chi connectivity index (χ3v) is 3.14. The average Bonchev–Trinajstić information content (AvgIpc) is 2.12. The predicted octanol–water partition coefficient (Wildman–Crippen LogP) is 3.05. The summed E-state index contributed by atoms with van der Waals surface area (Å²) >= 11 is 5.32. The van der Waals surface area contributed by atoms with E-state index < -0.39 is 11.0 Å². The van der Waals surface area contributed by atoms with Crippen molar-refractivity contribution in [2.45, 2.75) is 53.6 Å². The highest BCUT2D eigenvalue weighted by Gasteiger charge is 2.30. The predicted molar refractivity (Wildman–Crippen MR) is 83.6 cm³/mol. The molecule has 19 heavy (non-hydrogen) atoms. The van der Waals surface area contributed by atoms with E-state index >= 15 is 0 Å². The SMILES string of the molecule is CC(=NC(=S)C(C)(C)CC(=O)OC(C)(C)C)N(C)C. The highest BCUT2D eigenvalue weighted by Crippen LogP contribution is 2.26. The van der Waals surface area contributed by atoms with Crippen LogP contribution < -0.4 is 0 Å². The zero-order chi connectivity index (χ0) is 15.4. The molecule has 0 atom stereocenters. The second-order valence-corrected chi connectivity index (χ2v) is 6.89. The molecule has 4 nitrogen and oxygen atoms in total. The van der Waals surface area contributed by atoms with Crippen LogP contribution in [0.3, 0.4) is 0 Å². The maximum atomic E-state index is 11.9. The molecule has 0 aromatic carbocycles. The van der Waals surface area contributed by atoms with Gasteiger partial charge in [-0.2, -0.15) is 0 Å². The van der Waals surface area contributed by atoms with Gasteiger partial charge in [-0.05, 0) is 27.7 Å². The quantitative estimate of drug-likeness (QED) is 0.346. The number of hydrogen-bond donors (Lipinski definition) is 0. The molecule has 0 saturated carbocycles. The first-order valence-corrected chi connectivity index (χ1v) is 6.75. The molecular formula is C14H26N2O2S. The third kappa shape index (κ3) is 7.25. The van der Waals surface area contributed by atoms with Gasteiger partial charge < -0.3 is 9.64 Å². The maximum absolute atomic E-state index is 11.9. The first-order valence-electron chi connectivity index (χ1n) is 6.34. The lowest BCUT2D eigenvalue weighted by Crippen LogP contribution is -2.31. The standard InChI is InChI=1S/C14H26N2O2S/c1-10(16(7)8)15-12(19)14(5,6)9-11(17)18-13(2,3)4/h9H2,1-8H3. The Kier molecular flexibility index (Phi) is 6.13. The van der Waals surface area contributed by atoms with Gasteiger partial charge in [0.15, 0.2) is 0 Å². The van der Waals surface area contributed by atoms with Crippen molar-refractivity contribution in [3.05, 3.63) is 0 Å². The van der Waals surface area contributed by atoms with Crippen LogP contribution in [0.2, 0.25) is 0 Å². The van der Waals surface area contributed by atoms with Crippen LogP contribution in [-0.4, -0.2) is 41.4 Å². The third-order valence-electron chi connectivity index (χ3n) is 2.50. The Labute approximate surface area is 122 Å². The van der Waals surface area contributed by atoms with E-state index in [1.54, 1.807) is 0 Å². The van der Waals surface area contributed by atoms with Crippen molar-refractivity contribution in [1.29, 1.82) is 0 Å². The summed E-state index contributed by atoms with van der Waals surface area (Å²) in [5, 5.41) is 0. The molecular weight excluding hydrogens is 260 g/mol. The van der Waals surface area contributed by atoms with Crippen LogP contribution in [0.25, 0.3) is 0 Å². The van der Waals surface area contributed by atoms with Crippen LogP contribution in [0.1, 0.15) is 48.0 Å². The van der Waals surface area contributed by atoms with Gasteiger partial charge in [-0.1, -0.05) is 26.1 Å². The Bertz CT molecular complexity index is 379. The lowest BCUT2D eigenvalue weighted by atomic mass is 9.89. The molecule has 0 aliphatic heterocycles. The van der Waals surface area contributed by atoms with Crippen molar-refractivity contribution < 1.29 is 9.53 Å².